The summed E-state index contributed by atoms with van der Waals surface area (Å²) < 4.78 is 2.14. The van der Waals surface area contributed by atoms with E-state index in [1.807, 2.05) is 22.6 Å². The highest BCUT2D eigenvalue weighted by atomic mass is 32.2. The first kappa shape index (κ1) is 14.6. The highest BCUT2D eigenvalue weighted by molar-refractivity contribution is 7.98. The topological polar surface area (TPSA) is 55.2 Å². The lowest BCUT2D eigenvalue weighted by atomic mass is 10.1. The highest BCUT2D eigenvalue weighted by Gasteiger charge is 2.20. The van der Waals surface area contributed by atoms with E-state index in [0.717, 1.165) is 31.4 Å². The Labute approximate surface area is 131 Å². The highest BCUT2D eigenvalue weighted by Crippen LogP contribution is 2.19. The molecule has 0 aliphatic carbocycles. The van der Waals surface area contributed by atoms with Gasteiger partial charge in [-0.3, -0.25) is 14.2 Å². The Bertz CT molecular complexity index is 717. The van der Waals surface area contributed by atoms with Crippen LogP contribution in [0, 0.1) is 0 Å². The number of fused-ring (bicyclic) bond motifs is 1. The predicted molar refractivity (Wildman–Crippen MR) is 86.1 cm³/mol. The minimum absolute atomic E-state index is 0.0183. The van der Waals surface area contributed by atoms with Crippen LogP contribution in [0.25, 0.3) is 10.2 Å². The third-order valence-corrected chi connectivity index (χ3v) is 5.28. The lowest BCUT2D eigenvalue weighted by molar-refractivity contribution is -0.132. The first-order valence-corrected chi connectivity index (χ1v) is 9.11. The van der Waals surface area contributed by atoms with Crippen molar-refractivity contribution in [3.8, 4) is 0 Å². The van der Waals surface area contributed by atoms with E-state index >= 15 is 0 Å². The Balaban J connectivity index is 1.93. The molecule has 3 rings (SSSR count). The first-order valence-electron chi connectivity index (χ1n) is 7.00. The second-order valence-corrected chi connectivity index (χ2v) is 6.76. The Morgan fingerprint density at radius 3 is 2.86 bits per heavy atom. The normalized spacial score (nSPS) is 15.6. The van der Waals surface area contributed by atoms with Gasteiger partial charge in [-0.25, -0.2) is 4.98 Å². The summed E-state index contributed by atoms with van der Waals surface area (Å²) in [4.78, 5) is 31.3. The lowest BCUT2D eigenvalue weighted by Gasteiger charge is -2.27. The van der Waals surface area contributed by atoms with Crippen molar-refractivity contribution >= 4 is 39.2 Å². The maximum atomic E-state index is 12.5. The fourth-order valence-electron chi connectivity index (χ4n) is 2.60. The molecule has 0 spiro atoms. The number of hydrogen-bond acceptors (Lipinski definition) is 5. The Morgan fingerprint density at radius 1 is 1.38 bits per heavy atom. The number of thioether (sulfide) groups is 1. The molecule has 2 aromatic rings. The smallest absolute Gasteiger partial charge is 0.272 e. The van der Waals surface area contributed by atoms with Gasteiger partial charge in [-0.2, -0.15) is 0 Å². The van der Waals surface area contributed by atoms with Crippen LogP contribution in [0.2, 0.25) is 0 Å². The summed E-state index contributed by atoms with van der Waals surface area (Å²) >= 11 is 2.78. The van der Waals surface area contributed by atoms with Gasteiger partial charge in [0.05, 0.1) is 5.52 Å². The minimum Gasteiger partial charge on any atom is -0.341 e. The summed E-state index contributed by atoms with van der Waals surface area (Å²) in [7, 11) is 0. The molecule has 2 aromatic heterocycles. The van der Waals surface area contributed by atoms with Gasteiger partial charge in [0.25, 0.3) is 5.56 Å². The van der Waals surface area contributed by atoms with Crippen LogP contribution in [-0.4, -0.2) is 39.7 Å². The molecule has 0 bridgehead atoms. The van der Waals surface area contributed by atoms with E-state index < -0.39 is 0 Å². The summed E-state index contributed by atoms with van der Waals surface area (Å²) in [6.07, 6.45) is 5.17. The number of likely N-dealkylation sites (tertiary alicyclic amines) is 1. The molecule has 1 amide bonds. The van der Waals surface area contributed by atoms with Crippen molar-refractivity contribution in [2.75, 3.05) is 19.3 Å². The van der Waals surface area contributed by atoms with Gasteiger partial charge in [0.1, 0.15) is 11.2 Å². The minimum atomic E-state index is -0.107. The summed E-state index contributed by atoms with van der Waals surface area (Å²) in [6.45, 7) is 1.70. The Hall–Kier alpha value is -1.34. The zero-order valence-electron chi connectivity index (χ0n) is 11.9. The van der Waals surface area contributed by atoms with Gasteiger partial charge in [-0.05, 0) is 37.0 Å². The summed E-state index contributed by atoms with van der Waals surface area (Å²) in [5, 5.41) is 2.47. The van der Waals surface area contributed by atoms with Crippen molar-refractivity contribution in [3.05, 3.63) is 21.8 Å². The summed E-state index contributed by atoms with van der Waals surface area (Å²) in [5.74, 6) is 0.0183. The van der Waals surface area contributed by atoms with Crippen LogP contribution in [-0.2, 0) is 11.3 Å². The third-order valence-electron chi connectivity index (χ3n) is 3.72. The second-order valence-electron chi connectivity index (χ2n) is 5.07. The maximum absolute atomic E-state index is 12.5. The van der Waals surface area contributed by atoms with Crippen molar-refractivity contribution in [2.24, 2.45) is 0 Å². The van der Waals surface area contributed by atoms with Crippen LogP contribution < -0.4 is 5.56 Å². The van der Waals surface area contributed by atoms with E-state index in [1.165, 1.54) is 34.1 Å². The van der Waals surface area contributed by atoms with Crippen LogP contribution in [0.3, 0.4) is 0 Å². The SMILES string of the molecule is CSc1nc2ccsc2c(=O)n1CC(=O)N1CCCCC1. The average Bonchev–Trinajstić information content (AvgIpc) is 2.99. The number of hydrogen-bond donors (Lipinski definition) is 0. The number of carbonyl (C=O) groups excluding carboxylic acids is 1. The van der Waals surface area contributed by atoms with E-state index in [1.54, 1.807) is 0 Å². The maximum Gasteiger partial charge on any atom is 0.272 e. The molecular formula is C14H17N3O2S2. The van der Waals surface area contributed by atoms with Crippen molar-refractivity contribution in [2.45, 2.75) is 31.0 Å². The van der Waals surface area contributed by atoms with Gasteiger partial charge >= 0.3 is 0 Å². The number of nitrogens with zero attached hydrogens (tertiary/aromatic N) is 3. The Morgan fingerprint density at radius 2 is 2.14 bits per heavy atom. The molecule has 1 fully saturated rings. The Kier molecular flexibility index (Phi) is 4.30. The average molecular weight is 323 g/mol. The summed E-state index contributed by atoms with van der Waals surface area (Å²) in [6, 6.07) is 1.85. The van der Waals surface area contributed by atoms with E-state index in [9.17, 15) is 9.59 Å². The molecule has 0 atom stereocenters. The van der Waals surface area contributed by atoms with Crippen LogP contribution in [0.4, 0.5) is 0 Å². The van der Waals surface area contributed by atoms with Gasteiger partial charge in [-0.15, -0.1) is 11.3 Å². The number of thiophene rings is 1. The van der Waals surface area contributed by atoms with Crippen LogP contribution >= 0.6 is 23.1 Å². The molecule has 0 radical (unpaired) electrons. The molecule has 0 N–H and O–H groups in total. The quantitative estimate of drug-likeness (QED) is 0.642. The molecule has 0 aromatic carbocycles. The van der Waals surface area contributed by atoms with Crippen LogP contribution in [0.15, 0.2) is 21.4 Å². The molecule has 1 saturated heterocycles. The molecule has 112 valence electrons. The standard InChI is InChI=1S/C14H17N3O2S2/c1-20-14-15-10-5-8-21-12(10)13(19)17(14)9-11(18)16-6-3-2-4-7-16/h5,8H,2-4,6-7,9H2,1H3. The van der Waals surface area contributed by atoms with Gasteiger partial charge in [0, 0.05) is 13.1 Å². The number of rotatable bonds is 3. The van der Waals surface area contributed by atoms with Crippen molar-refractivity contribution in [3.63, 3.8) is 0 Å². The molecule has 7 heteroatoms. The van der Waals surface area contributed by atoms with E-state index in [4.69, 9.17) is 0 Å². The van der Waals surface area contributed by atoms with Crippen molar-refractivity contribution in [1.82, 2.24) is 14.5 Å². The number of carbonyl (C=O) groups is 1. The zero-order valence-corrected chi connectivity index (χ0v) is 13.5. The summed E-state index contributed by atoms with van der Waals surface area (Å²) in [5.41, 5.74) is 0.612. The number of amides is 1. The zero-order chi connectivity index (χ0) is 14.8. The molecular weight excluding hydrogens is 306 g/mol. The predicted octanol–water partition coefficient (Wildman–Crippen LogP) is 2.19. The molecule has 0 saturated carbocycles. The van der Waals surface area contributed by atoms with E-state index in [-0.39, 0.29) is 18.0 Å². The molecule has 21 heavy (non-hydrogen) atoms. The monoisotopic (exact) mass is 323 g/mol. The first-order chi connectivity index (χ1) is 10.2. The molecule has 1 aliphatic rings. The van der Waals surface area contributed by atoms with Gasteiger partial charge in [0.15, 0.2) is 5.16 Å². The molecule has 1 aliphatic heterocycles. The van der Waals surface area contributed by atoms with Gasteiger partial charge < -0.3 is 4.90 Å². The fraction of sp³-hybridized carbons (Fsp3) is 0.500. The largest absolute Gasteiger partial charge is 0.341 e. The van der Waals surface area contributed by atoms with Gasteiger partial charge in [0.2, 0.25) is 5.91 Å². The van der Waals surface area contributed by atoms with Crippen LogP contribution in [0.1, 0.15) is 19.3 Å². The number of aromatic nitrogens is 2. The van der Waals surface area contributed by atoms with Gasteiger partial charge in [-0.1, -0.05) is 11.8 Å². The fourth-order valence-corrected chi connectivity index (χ4v) is 3.93. The molecule has 0 unspecified atom stereocenters. The van der Waals surface area contributed by atoms with Crippen molar-refractivity contribution in [1.29, 1.82) is 0 Å². The lowest BCUT2D eigenvalue weighted by Crippen LogP contribution is -2.40. The second kappa shape index (κ2) is 6.19. The third kappa shape index (κ3) is 2.85. The van der Waals surface area contributed by atoms with Crippen molar-refractivity contribution < 1.29 is 4.79 Å². The number of piperidine rings is 1. The van der Waals surface area contributed by atoms with Crippen LogP contribution in [0.5, 0.6) is 0 Å². The van der Waals surface area contributed by atoms with E-state index in [0.29, 0.717) is 9.86 Å². The molecule has 5 nitrogen and oxygen atoms in total. The van der Waals surface area contributed by atoms with E-state index in [2.05, 4.69) is 4.98 Å². The molecule has 3 heterocycles.